The summed E-state index contributed by atoms with van der Waals surface area (Å²) in [7, 11) is 1.39. The smallest absolute Gasteiger partial charge is 0.390 e. The van der Waals surface area contributed by atoms with Gasteiger partial charge in [-0.1, -0.05) is 4.98 Å². The number of methoxy groups -OCH3 is 1. The lowest BCUT2D eigenvalue weighted by Crippen LogP contribution is -2.15. The molecule has 0 aliphatic heterocycles. The maximum absolute atomic E-state index is 11.1. The Balaban J connectivity index is 2.71. The van der Waals surface area contributed by atoms with E-state index in [9.17, 15) is 14.9 Å². The molecule has 0 N–H and O–H groups in total. The molecule has 0 aromatic carbocycles. The van der Waals surface area contributed by atoms with Gasteiger partial charge in [-0.15, -0.1) is 0 Å². The fourth-order valence-electron chi connectivity index (χ4n) is 0.993. The van der Waals surface area contributed by atoms with Crippen LogP contribution in [0.1, 0.15) is 0 Å². The van der Waals surface area contributed by atoms with Gasteiger partial charge in [0.2, 0.25) is 0 Å². The standard InChI is InChI=1S/C7H9N3O4/c1-14-5-6(11)4-9-3-2-8-7(9)10(12)13/h2-3H,4-5H2,1H3. The van der Waals surface area contributed by atoms with Gasteiger partial charge in [0.25, 0.3) is 0 Å². The van der Waals surface area contributed by atoms with E-state index in [0.717, 1.165) is 0 Å². The van der Waals surface area contributed by atoms with Crippen molar-refractivity contribution in [2.75, 3.05) is 13.7 Å². The minimum Gasteiger partial charge on any atom is -0.390 e. The average Bonchev–Trinajstić information content (AvgIpc) is 2.52. The second kappa shape index (κ2) is 4.47. The molecule has 0 aliphatic rings. The lowest BCUT2D eigenvalue weighted by molar-refractivity contribution is -0.396. The summed E-state index contributed by atoms with van der Waals surface area (Å²) < 4.78 is 5.77. The fourth-order valence-corrected chi connectivity index (χ4v) is 0.993. The summed E-state index contributed by atoms with van der Waals surface area (Å²) in [6, 6.07) is 0. The molecule has 76 valence electrons. The van der Waals surface area contributed by atoms with Crippen LogP contribution in [0.4, 0.5) is 5.95 Å². The maximum atomic E-state index is 11.1. The van der Waals surface area contributed by atoms with Crippen LogP contribution >= 0.6 is 0 Å². The first kappa shape index (κ1) is 10.3. The van der Waals surface area contributed by atoms with Gasteiger partial charge in [-0.05, 0) is 4.92 Å². The Kier molecular flexibility index (Phi) is 3.29. The number of ether oxygens (including phenoxy) is 1. The zero-order chi connectivity index (χ0) is 10.6. The molecular formula is C7H9N3O4. The van der Waals surface area contributed by atoms with E-state index in [0.29, 0.717) is 0 Å². The molecule has 1 aromatic heterocycles. The van der Waals surface area contributed by atoms with Gasteiger partial charge in [-0.2, -0.15) is 0 Å². The first-order valence-electron chi connectivity index (χ1n) is 3.81. The van der Waals surface area contributed by atoms with Gasteiger partial charge in [0, 0.05) is 7.11 Å². The zero-order valence-corrected chi connectivity index (χ0v) is 7.54. The highest BCUT2D eigenvalue weighted by Crippen LogP contribution is 2.06. The van der Waals surface area contributed by atoms with Crippen molar-refractivity contribution in [1.29, 1.82) is 0 Å². The first-order valence-corrected chi connectivity index (χ1v) is 3.81. The number of carbonyl (C=O) groups excluding carboxylic acids is 1. The van der Waals surface area contributed by atoms with E-state index in [1.807, 2.05) is 0 Å². The molecule has 1 rings (SSSR count). The predicted molar refractivity (Wildman–Crippen MR) is 45.8 cm³/mol. The highest BCUT2D eigenvalue weighted by atomic mass is 16.6. The second-order valence-electron chi connectivity index (χ2n) is 2.58. The van der Waals surface area contributed by atoms with E-state index in [1.165, 1.54) is 24.1 Å². The average molecular weight is 199 g/mol. The van der Waals surface area contributed by atoms with Gasteiger partial charge in [0.05, 0.1) is 0 Å². The van der Waals surface area contributed by atoms with Crippen molar-refractivity contribution in [3.8, 4) is 0 Å². The summed E-state index contributed by atoms with van der Waals surface area (Å²) in [5, 5.41) is 10.4. The topological polar surface area (TPSA) is 87.3 Å². The summed E-state index contributed by atoms with van der Waals surface area (Å²) in [5.41, 5.74) is 0. The van der Waals surface area contributed by atoms with Crippen LogP contribution in [0, 0.1) is 10.1 Å². The largest absolute Gasteiger partial charge is 0.434 e. The van der Waals surface area contributed by atoms with Crippen LogP contribution in [-0.4, -0.2) is 34.0 Å². The summed E-state index contributed by atoms with van der Waals surface area (Å²) in [6.07, 6.45) is 2.66. The summed E-state index contributed by atoms with van der Waals surface area (Å²) >= 11 is 0. The summed E-state index contributed by atoms with van der Waals surface area (Å²) in [5.74, 6) is -0.581. The molecule has 0 saturated carbocycles. The molecule has 0 fully saturated rings. The Bertz CT molecular complexity index is 346. The normalized spacial score (nSPS) is 10.1. The van der Waals surface area contributed by atoms with Crippen LogP contribution in [0.3, 0.4) is 0 Å². The van der Waals surface area contributed by atoms with Gasteiger partial charge in [0.15, 0.2) is 5.78 Å². The summed E-state index contributed by atoms with van der Waals surface area (Å²) in [6.45, 7) is -0.153. The van der Waals surface area contributed by atoms with Crippen LogP contribution in [0.2, 0.25) is 0 Å². The quantitative estimate of drug-likeness (QED) is 0.492. The van der Waals surface area contributed by atoms with Crippen molar-refractivity contribution < 1.29 is 14.5 Å². The molecule has 0 amide bonds. The first-order chi connectivity index (χ1) is 6.65. The monoisotopic (exact) mass is 199 g/mol. The SMILES string of the molecule is COCC(=O)Cn1ccnc1[N+](=O)[O-]. The van der Waals surface area contributed by atoms with E-state index in [4.69, 9.17) is 0 Å². The van der Waals surface area contributed by atoms with Crippen molar-refractivity contribution in [1.82, 2.24) is 9.55 Å². The molecule has 7 heteroatoms. The Morgan fingerprint density at radius 2 is 2.50 bits per heavy atom. The van der Waals surface area contributed by atoms with Gasteiger partial charge >= 0.3 is 5.95 Å². The second-order valence-corrected chi connectivity index (χ2v) is 2.58. The van der Waals surface area contributed by atoms with Crippen molar-refractivity contribution in [3.63, 3.8) is 0 Å². The van der Waals surface area contributed by atoms with E-state index < -0.39 is 4.92 Å². The van der Waals surface area contributed by atoms with E-state index >= 15 is 0 Å². The zero-order valence-electron chi connectivity index (χ0n) is 7.54. The lowest BCUT2D eigenvalue weighted by atomic mass is 10.4. The Hall–Kier alpha value is -1.76. The molecule has 7 nitrogen and oxygen atoms in total. The van der Waals surface area contributed by atoms with Crippen molar-refractivity contribution in [2.45, 2.75) is 6.54 Å². The number of ketones is 1. The van der Waals surface area contributed by atoms with Crippen LogP contribution in [0.25, 0.3) is 0 Å². The van der Waals surface area contributed by atoms with Gasteiger partial charge in [-0.25, -0.2) is 4.57 Å². The molecule has 0 aliphatic carbocycles. The molecule has 0 radical (unpaired) electrons. The number of nitrogens with zero attached hydrogens (tertiary/aromatic N) is 3. The Morgan fingerprint density at radius 3 is 3.07 bits per heavy atom. The van der Waals surface area contributed by atoms with Crippen LogP contribution in [0.15, 0.2) is 12.4 Å². The number of rotatable bonds is 5. The molecule has 1 aromatic rings. The molecule has 14 heavy (non-hydrogen) atoms. The Labute approximate surface area is 79.5 Å². The number of Topliss-reactive ketones (excluding diaryl/α,β-unsaturated/α-hetero) is 1. The Morgan fingerprint density at radius 1 is 1.79 bits per heavy atom. The molecular weight excluding hydrogens is 190 g/mol. The minimum absolute atomic E-state index is 0.0602. The number of carbonyl (C=O) groups is 1. The van der Waals surface area contributed by atoms with Crippen molar-refractivity contribution >= 4 is 11.7 Å². The van der Waals surface area contributed by atoms with Gasteiger partial charge in [0.1, 0.15) is 25.5 Å². The summed E-state index contributed by atoms with van der Waals surface area (Å²) in [4.78, 5) is 24.4. The number of hydrogen-bond acceptors (Lipinski definition) is 5. The highest BCUT2D eigenvalue weighted by molar-refractivity contribution is 5.79. The molecule has 0 unspecified atom stereocenters. The molecule has 1 heterocycles. The minimum atomic E-state index is -0.639. The number of aromatic nitrogens is 2. The van der Waals surface area contributed by atoms with Gasteiger partial charge < -0.3 is 14.9 Å². The number of imidazole rings is 1. The highest BCUT2D eigenvalue weighted by Gasteiger charge is 2.16. The van der Waals surface area contributed by atoms with E-state index in [1.54, 1.807) is 0 Å². The van der Waals surface area contributed by atoms with Crippen LogP contribution < -0.4 is 0 Å². The van der Waals surface area contributed by atoms with Crippen molar-refractivity contribution in [3.05, 3.63) is 22.5 Å². The third-order valence-electron chi connectivity index (χ3n) is 1.51. The van der Waals surface area contributed by atoms with Gasteiger partial charge in [-0.3, -0.25) is 4.79 Å². The van der Waals surface area contributed by atoms with Crippen molar-refractivity contribution in [2.24, 2.45) is 0 Å². The predicted octanol–water partition coefficient (Wildman–Crippen LogP) is 0.00680. The van der Waals surface area contributed by atoms with Crippen LogP contribution in [0.5, 0.6) is 0 Å². The number of hydrogen-bond donors (Lipinski definition) is 0. The third-order valence-corrected chi connectivity index (χ3v) is 1.51. The lowest BCUT2D eigenvalue weighted by Gasteiger charge is -1.99. The molecule has 0 bridgehead atoms. The van der Waals surface area contributed by atoms with E-state index in [-0.39, 0.29) is 24.9 Å². The maximum Gasteiger partial charge on any atom is 0.434 e. The molecule has 0 atom stereocenters. The van der Waals surface area contributed by atoms with E-state index in [2.05, 4.69) is 9.72 Å². The fraction of sp³-hybridized carbons (Fsp3) is 0.429. The molecule has 0 saturated heterocycles. The molecule has 0 spiro atoms. The van der Waals surface area contributed by atoms with Crippen LogP contribution in [-0.2, 0) is 16.1 Å². The third kappa shape index (κ3) is 2.36. The number of nitro groups is 1.